The number of unbranched alkanes of at least 4 members (excludes halogenated alkanes) is 2. The van der Waals surface area contributed by atoms with Crippen molar-refractivity contribution >= 4 is 5.97 Å². The maximum Gasteiger partial charge on any atom is 0.344 e. The number of carbonyl (C=O) groups excluding carboxylic acids is 1. The number of aryl methyl sites for hydroxylation is 1. The number of esters is 1. The zero-order chi connectivity index (χ0) is 12.8. The van der Waals surface area contributed by atoms with Gasteiger partial charge in [-0.25, -0.2) is 13.6 Å². The van der Waals surface area contributed by atoms with Crippen LogP contribution in [0.25, 0.3) is 0 Å². The molecule has 0 N–H and O–H groups in total. The quantitative estimate of drug-likeness (QED) is 0.582. The fourth-order valence-electron chi connectivity index (χ4n) is 1.43. The van der Waals surface area contributed by atoms with Crippen molar-refractivity contribution in [1.29, 1.82) is 0 Å². The number of hydrogen-bond donors (Lipinski definition) is 0. The van der Waals surface area contributed by atoms with Crippen LogP contribution < -0.4 is 0 Å². The van der Waals surface area contributed by atoms with Gasteiger partial charge < -0.3 is 4.74 Å². The normalized spacial score (nSPS) is 10.4. The topological polar surface area (TPSA) is 26.3 Å². The molecule has 0 amide bonds. The Balaban J connectivity index is 2.72. The van der Waals surface area contributed by atoms with Gasteiger partial charge in [-0.2, -0.15) is 0 Å². The Labute approximate surface area is 99.6 Å². The van der Waals surface area contributed by atoms with Gasteiger partial charge in [0, 0.05) is 0 Å². The van der Waals surface area contributed by atoms with E-state index in [1.54, 1.807) is 0 Å². The summed E-state index contributed by atoms with van der Waals surface area (Å²) in [6, 6.07) is 2.36. The summed E-state index contributed by atoms with van der Waals surface area (Å²) in [5, 5.41) is 0. The van der Waals surface area contributed by atoms with E-state index in [1.807, 2.05) is 6.92 Å². The van der Waals surface area contributed by atoms with E-state index in [9.17, 15) is 13.6 Å². The second-order valence-corrected chi connectivity index (χ2v) is 3.90. The van der Waals surface area contributed by atoms with E-state index < -0.39 is 23.2 Å². The van der Waals surface area contributed by atoms with Crippen LogP contribution in [-0.4, -0.2) is 12.6 Å². The molecule has 17 heavy (non-hydrogen) atoms. The molecule has 2 nitrogen and oxygen atoms in total. The summed E-state index contributed by atoms with van der Waals surface area (Å²) in [6.45, 7) is 3.68. The highest BCUT2D eigenvalue weighted by atomic mass is 19.1. The van der Waals surface area contributed by atoms with Crippen molar-refractivity contribution in [1.82, 2.24) is 0 Å². The summed E-state index contributed by atoms with van der Waals surface area (Å²) in [5.74, 6) is -2.65. The van der Waals surface area contributed by atoms with Crippen molar-refractivity contribution in [2.24, 2.45) is 0 Å². The number of benzene rings is 1. The molecule has 0 fully saturated rings. The number of ether oxygens (including phenoxy) is 1. The Morgan fingerprint density at radius 1 is 1.29 bits per heavy atom. The van der Waals surface area contributed by atoms with Crippen molar-refractivity contribution in [3.05, 3.63) is 34.9 Å². The molecule has 0 radical (unpaired) electrons. The molecule has 0 unspecified atom stereocenters. The largest absolute Gasteiger partial charge is 0.462 e. The van der Waals surface area contributed by atoms with E-state index in [0.29, 0.717) is 6.42 Å². The zero-order valence-electron chi connectivity index (χ0n) is 10.1. The van der Waals surface area contributed by atoms with Gasteiger partial charge >= 0.3 is 5.97 Å². The highest BCUT2D eigenvalue weighted by Crippen LogP contribution is 2.17. The van der Waals surface area contributed by atoms with Crippen molar-refractivity contribution < 1.29 is 18.3 Å². The maximum atomic E-state index is 13.5. The molecule has 0 heterocycles. The predicted octanol–water partition coefficient (Wildman–Crippen LogP) is 3.62. The van der Waals surface area contributed by atoms with Gasteiger partial charge in [0.2, 0.25) is 0 Å². The summed E-state index contributed by atoms with van der Waals surface area (Å²) >= 11 is 0. The Bertz CT molecular complexity index is 403. The third-order valence-corrected chi connectivity index (χ3v) is 2.47. The van der Waals surface area contributed by atoms with Crippen LogP contribution in [0.15, 0.2) is 12.1 Å². The van der Waals surface area contributed by atoms with Gasteiger partial charge in [-0.3, -0.25) is 0 Å². The van der Waals surface area contributed by atoms with Crippen LogP contribution in [-0.2, 0) is 4.74 Å². The Kier molecular flexibility index (Phi) is 5.07. The average Bonchev–Trinajstić information content (AvgIpc) is 2.30. The van der Waals surface area contributed by atoms with Crippen molar-refractivity contribution in [2.75, 3.05) is 6.61 Å². The standard InChI is InChI=1S/C13H16F2O2/c1-3-4-5-8-17-13(16)11-10(14)7-6-9(2)12(11)15/h6-7H,3-5,8H2,1-2H3. The molecule has 0 bridgehead atoms. The molecule has 94 valence electrons. The van der Waals surface area contributed by atoms with Crippen LogP contribution in [0.1, 0.15) is 42.1 Å². The van der Waals surface area contributed by atoms with Crippen LogP contribution in [0.2, 0.25) is 0 Å². The molecule has 0 atom stereocenters. The van der Waals surface area contributed by atoms with Crippen LogP contribution in [0.4, 0.5) is 8.78 Å². The molecule has 0 aliphatic heterocycles. The number of rotatable bonds is 5. The lowest BCUT2D eigenvalue weighted by Crippen LogP contribution is -2.12. The minimum atomic E-state index is -0.931. The van der Waals surface area contributed by atoms with E-state index in [-0.39, 0.29) is 12.2 Å². The summed E-state index contributed by atoms with van der Waals surface area (Å²) in [4.78, 5) is 11.5. The van der Waals surface area contributed by atoms with Gasteiger partial charge in [0.15, 0.2) is 0 Å². The van der Waals surface area contributed by atoms with E-state index in [0.717, 1.165) is 18.9 Å². The van der Waals surface area contributed by atoms with Crippen molar-refractivity contribution in [3.63, 3.8) is 0 Å². The lowest BCUT2D eigenvalue weighted by Gasteiger charge is -2.07. The van der Waals surface area contributed by atoms with Crippen LogP contribution in [0.5, 0.6) is 0 Å². The first kappa shape index (κ1) is 13.6. The molecule has 0 aliphatic carbocycles. The minimum absolute atomic E-state index is 0.194. The molecule has 0 aromatic heterocycles. The third-order valence-electron chi connectivity index (χ3n) is 2.47. The molecule has 1 rings (SSSR count). The third kappa shape index (κ3) is 3.51. The summed E-state index contributed by atoms with van der Waals surface area (Å²) < 4.78 is 31.7. The lowest BCUT2D eigenvalue weighted by molar-refractivity contribution is 0.0487. The average molecular weight is 242 g/mol. The SMILES string of the molecule is CCCCCOC(=O)c1c(F)ccc(C)c1F. The minimum Gasteiger partial charge on any atom is -0.462 e. The van der Waals surface area contributed by atoms with Gasteiger partial charge in [0.1, 0.15) is 17.2 Å². The number of hydrogen-bond acceptors (Lipinski definition) is 2. The molecular formula is C13H16F2O2. The molecular weight excluding hydrogens is 226 g/mol. The summed E-state index contributed by atoms with van der Waals surface area (Å²) in [6.07, 6.45) is 2.62. The Morgan fingerprint density at radius 2 is 2.00 bits per heavy atom. The molecule has 0 aliphatic rings. The first-order valence-electron chi connectivity index (χ1n) is 5.69. The van der Waals surface area contributed by atoms with E-state index >= 15 is 0 Å². The molecule has 0 saturated heterocycles. The van der Waals surface area contributed by atoms with Gasteiger partial charge in [0.05, 0.1) is 6.61 Å². The Hall–Kier alpha value is -1.45. The first-order chi connectivity index (χ1) is 8.07. The van der Waals surface area contributed by atoms with Crippen molar-refractivity contribution in [2.45, 2.75) is 33.1 Å². The van der Waals surface area contributed by atoms with E-state index in [4.69, 9.17) is 4.74 Å². The molecule has 1 aromatic carbocycles. The second-order valence-electron chi connectivity index (χ2n) is 3.90. The summed E-state index contributed by atoms with van der Waals surface area (Å²) in [5.41, 5.74) is -0.367. The van der Waals surface area contributed by atoms with Crippen molar-refractivity contribution in [3.8, 4) is 0 Å². The predicted molar refractivity (Wildman–Crippen MR) is 60.9 cm³/mol. The molecule has 4 heteroatoms. The van der Waals surface area contributed by atoms with Crippen LogP contribution in [0, 0.1) is 18.6 Å². The summed E-state index contributed by atoms with van der Waals surface area (Å²) in [7, 11) is 0. The molecule has 1 aromatic rings. The lowest BCUT2D eigenvalue weighted by atomic mass is 10.1. The maximum absolute atomic E-state index is 13.5. The smallest absolute Gasteiger partial charge is 0.344 e. The van der Waals surface area contributed by atoms with E-state index in [2.05, 4.69) is 0 Å². The van der Waals surface area contributed by atoms with Crippen LogP contribution >= 0.6 is 0 Å². The van der Waals surface area contributed by atoms with Gasteiger partial charge in [-0.05, 0) is 25.0 Å². The Morgan fingerprint density at radius 3 is 2.65 bits per heavy atom. The molecule has 0 saturated carbocycles. The first-order valence-corrected chi connectivity index (χ1v) is 5.69. The monoisotopic (exact) mass is 242 g/mol. The second kappa shape index (κ2) is 6.33. The van der Waals surface area contributed by atoms with Gasteiger partial charge in [0.25, 0.3) is 0 Å². The fraction of sp³-hybridized carbons (Fsp3) is 0.462. The fourth-order valence-corrected chi connectivity index (χ4v) is 1.43. The van der Waals surface area contributed by atoms with Gasteiger partial charge in [-0.1, -0.05) is 25.8 Å². The van der Waals surface area contributed by atoms with E-state index in [1.165, 1.54) is 13.0 Å². The highest BCUT2D eigenvalue weighted by Gasteiger charge is 2.20. The van der Waals surface area contributed by atoms with Crippen LogP contribution in [0.3, 0.4) is 0 Å². The van der Waals surface area contributed by atoms with Gasteiger partial charge in [-0.15, -0.1) is 0 Å². The highest BCUT2D eigenvalue weighted by molar-refractivity contribution is 5.90. The molecule has 0 spiro atoms. The number of halogens is 2. The number of carbonyl (C=O) groups is 1. The zero-order valence-corrected chi connectivity index (χ0v) is 10.1.